The summed E-state index contributed by atoms with van der Waals surface area (Å²) in [6.07, 6.45) is 6.71. The predicted octanol–water partition coefficient (Wildman–Crippen LogP) is 1.76. The number of primary sulfonamides is 1. The largest absolute Gasteiger partial charge is 0.382 e. The quantitative estimate of drug-likeness (QED) is 0.499. The summed E-state index contributed by atoms with van der Waals surface area (Å²) in [6, 6.07) is 3.73. The van der Waals surface area contributed by atoms with E-state index in [2.05, 4.69) is 11.4 Å². The van der Waals surface area contributed by atoms with Gasteiger partial charge in [-0.2, -0.15) is 0 Å². The van der Waals surface area contributed by atoms with Crippen molar-refractivity contribution >= 4 is 21.4 Å². The predicted molar refractivity (Wildman–Crippen MR) is 74.9 cm³/mol. The van der Waals surface area contributed by atoms with Crippen LogP contribution in [0.15, 0.2) is 35.2 Å². The monoisotopic (exact) mass is 297 g/mol. The molecule has 8 heteroatoms. The van der Waals surface area contributed by atoms with Crippen LogP contribution in [0.1, 0.15) is 19.3 Å². The zero-order chi connectivity index (χ0) is 14.8. The summed E-state index contributed by atoms with van der Waals surface area (Å²) in [5.41, 5.74) is 0.0916. The van der Waals surface area contributed by atoms with Gasteiger partial charge in [0.15, 0.2) is 0 Å². The van der Waals surface area contributed by atoms with Gasteiger partial charge in [0, 0.05) is 23.9 Å². The Morgan fingerprint density at radius 3 is 2.60 bits per heavy atom. The molecule has 0 radical (unpaired) electrons. The Balaban J connectivity index is 2.34. The molecule has 1 atom stereocenters. The van der Waals surface area contributed by atoms with Gasteiger partial charge in [0.05, 0.1) is 9.82 Å². The molecule has 0 saturated carbocycles. The second kappa shape index (κ2) is 5.59. The highest BCUT2D eigenvalue weighted by molar-refractivity contribution is 7.89. The maximum Gasteiger partial charge on any atom is 0.272 e. The van der Waals surface area contributed by atoms with E-state index in [1.165, 1.54) is 12.1 Å². The molecule has 0 amide bonds. The van der Waals surface area contributed by atoms with Crippen LogP contribution in [0.2, 0.25) is 0 Å². The van der Waals surface area contributed by atoms with E-state index < -0.39 is 14.9 Å². The normalized spacial score (nSPS) is 18.8. The number of non-ortho nitro benzene ring substituents is 1. The number of hydrogen-bond donors (Lipinski definition) is 2. The van der Waals surface area contributed by atoms with Crippen molar-refractivity contribution in [2.75, 3.05) is 5.32 Å². The van der Waals surface area contributed by atoms with Crippen molar-refractivity contribution in [3.05, 3.63) is 40.5 Å². The number of nitrogens with two attached hydrogens (primary N) is 1. The van der Waals surface area contributed by atoms with E-state index in [1.807, 2.05) is 6.08 Å². The molecule has 0 heterocycles. The van der Waals surface area contributed by atoms with Crippen molar-refractivity contribution in [3.8, 4) is 0 Å². The fourth-order valence-corrected chi connectivity index (χ4v) is 2.67. The van der Waals surface area contributed by atoms with Crippen molar-refractivity contribution < 1.29 is 13.3 Å². The minimum absolute atomic E-state index is 0.135. The third-order valence-electron chi connectivity index (χ3n) is 3.07. The average molecular weight is 297 g/mol. The summed E-state index contributed by atoms with van der Waals surface area (Å²) < 4.78 is 22.7. The first-order chi connectivity index (χ1) is 9.36. The number of sulfonamides is 1. The van der Waals surface area contributed by atoms with Gasteiger partial charge in [-0.1, -0.05) is 12.2 Å². The van der Waals surface area contributed by atoms with Gasteiger partial charge in [0.1, 0.15) is 0 Å². The van der Waals surface area contributed by atoms with Crippen molar-refractivity contribution in [1.29, 1.82) is 0 Å². The Labute approximate surface area is 116 Å². The highest BCUT2D eigenvalue weighted by atomic mass is 32.2. The molecule has 0 spiro atoms. The Morgan fingerprint density at radius 2 is 2.05 bits per heavy atom. The van der Waals surface area contributed by atoms with Gasteiger partial charge in [0.2, 0.25) is 10.0 Å². The third kappa shape index (κ3) is 3.55. The van der Waals surface area contributed by atoms with Crippen molar-refractivity contribution in [1.82, 2.24) is 0 Å². The molecule has 1 unspecified atom stereocenters. The van der Waals surface area contributed by atoms with Crippen molar-refractivity contribution in [2.45, 2.75) is 30.2 Å². The molecule has 1 aliphatic carbocycles. The number of nitrogens with zero attached hydrogens (tertiary/aromatic N) is 1. The first-order valence-corrected chi connectivity index (χ1v) is 7.65. The van der Waals surface area contributed by atoms with E-state index >= 15 is 0 Å². The lowest BCUT2D eigenvalue weighted by Gasteiger charge is -2.20. The summed E-state index contributed by atoms with van der Waals surface area (Å²) in [6.45, 7) is 0. The zero-order valence-electron chi connectivity index (χ0n) is 10.7. The first kappa shape index (κ1) is 14.5. The van der Waals surface area contributed by atoms with E-state index in [0.29, 0.717) is 5.69 Å². The smallest absolute Gasteiger partial charge is 0.272 e. The van der Waals surface area contributed by atoms with Crippen molar-refractivity contribution in [3.63, 3.8) is 0 Å². The van der Waals surface area contributed by atoms with E-state index in [9.17, 15) is 18.5 Å². The van der Waals surface area contributed by atoms with Gasteiger partial charge < -0.3 is 5.32 Å². The number of allylic oxidation sites excluding steroid dienone is 1. The number of nitro benzene ring substituents is 1. The molecule has 3 N–H and O–H groups in total. The molecule has 0 fully saturated rings. The van der Waals surface area contributed by atoms with Gasteiger partial charge in [-0.25, -0.2) is 13.6 Å². The average Bonchev–Trinajstić information content (AvgIpc) is 2.38. The fraction of sp³-hybridized carbons (Fsp3) is 0.333. The van der Waals surface area contributed by atoms with Crippen LogP contribution in [0, 0.1) is 10.1 Å². The SMILES string of the molecule is NS(=O)(=O)c1cc(NC2CC=CCC2)cc([N+](=O)[O-])c1. The highest BCUT2D eigenvalue weighted by Crippen LogP contribution is 2.25. The molecule has 0 aromatic heterocycles. The second-order valence-electron chi connectivity index (χ2n) is 4.64. The second-order valence-corrected chi connectivity index (χ2v) is 6.20. The molecule has 20 heavy (non-hydrogen) atoms. The molecule has 0 saturated heterocycles. The van der Waals surface area contributed by atoms with E-state index in [1.54, 1.807) is 0 Å². The fourth-order valence-electron chi connectivity index (χ4n) is 2.10. The Morgan fingerprint density at radius 1 is 1.30 bits per heavy atom. The topological polar surface area (TPSA) is 115 Å². The van der Waals surface area contributed by atoms with Gasteiger partial charge in [0.25, 0.3) is 5.69 Å². The Kier molecular flexibility index (Phi) is 4.05. The number of benzene rings is 1. The molecule has 1 aromatic carbocycles. The maximum atomic E-state index is 11.4. The van der Waals surface area contributed by atoms with Gasteiger partial charge in [-0.05, 0) is 25.3 Å². The molecular formula is C12H15N3O4S. The number of anilines is 1. The number of rotatable bonds is 4. The minimum Gasteiger partial charge on any atom is -0.382 e. The number of nitrogens with one attached hydrogen (secondary N) is 1. The van der Waals surface area contributed by atoms with Crippen LogP contribution in [0.25, 0.3) is 0 Å². The lowest BCUT2D eigenvalue weighted by atomic mass is 10.0. The summed E-state index contributed by atoms with van der Waals surface area (Å²) in [7, 11) is -3.98. The lowest BCUT2D eigenvalue weighted by Crippen LogP contribution is -2.21. The van der Waals surface area contributed by atoms with Crippen LogP contribution in [0.4, 0.5) is 11.4 Å². The Hall–Kier alpha value is -1.93. The molecule has 108 valence electrons. The van der Waals surface area contributed by atoms with Crippen LogP contribution in [0.5, 0.6) is 0 Å². The van der Waals surface area contributed by atoms with Gasteiger partial charge >= 0.3 is 0 Å². The Bertz CT molecular complexity index is 655. The number of nitro groups is 1. The molecule has 0 bridgehead atoms. The van der Waals surface area contributed by atoms with Crippen LogP contribution in [0.3, 0.4) is 0 Å². The van der Waals surface area contributed by atoms with Crippen LogP contribution >= 0.6 is 0 Å². The van der Waals surface area contributed by atoms with Crippen molar-refractivity contribution in [2.24, 2.45) is 5.14 Å². The summed E-state index contributed by atoms with van der Waals surface area (Å²) in [4.78, 5) is 9.95. The van der Waals surface area contributed by atoms with E-state index in [-0.39, 0.29) is 16.6 Å². The zero-order valence-corrected chi connectivity index (χ0v) is 11.5. The molecular weight excluding hydrogens is 282 g/mol. The van der Waals surface area contributed by atoms with Crippen LogP contribution < -0.4 is 10.5 Å². The highest BCUT2D eigenvalue weighted by Gasteiger charge is 2.18. The number of hydrogen-bond acceptors (Lipinski definition) is 5. The van der Waals surface area contributed by atoms with Crippen LogP contribution in [-0.2, 0) is 10.0 Å². The minimum atomic E-state index is -3.98. The molecule has 1 aromatic rings. The summed E-state index contributed by atoms with van der Waals surface area (Å²) in [5.74, 6) is 0. The van der Waals surface area contributed by atoms with Gasteiger partial charge in [-0.3, -0.25) is 10.1 Å². The lowest BCUT2D eigenvalue weighted by molar-refractivity contribution is -0.385. The molecule has 2 rings (SSSR count). The van der Waals surface area contributed by atoms with Gasteiger partial charge in [-0.15, -0.1) is 0 Å². The standard InChI is InChI=1S/C12H15N3O4S/c13-20(18,19)12-7-10(6-11(8-12)15(16)17)14-9-4-2-1-3-5-9/h1-2,6-9,14H,3-5H2,(H2,13,18,19). The maximum absolute atomic E-state index is 11.4. The molecule has 7 nitrogen and oxygen atoms in total. The summed E-state index contributed by atoms with van der Waals surface area (Å²) >= 11 is 0. The van der Waals surface area contributed by atoms with E-state index in [4.69, 9.17) is 5.14 Å². The summed E-state index contributed by atoms with van der Waals surface area (Å²) in [5, 5.41) is 19.0. The molecule has 1 aliphatic rings. The molecule has 0 aliphatic heterocycles. The third-order valence-corrected chi connectivity index (χ3v) is 3.96. The first-order valence-electron chi connectivity index (χ1n) is 6.10. The van der Waals surface area contributed by atoms with Crippen LogP contribution in [-0.4, -0.2) is 19.4 Å². The van der Waals surface area contributed by atoms with E-state index in [0.717, 1.165) is 25.3 Å².